The lowest BCUT2D eigenvalue weighted by atomic mass is 10.3. The van der Waals surface area contributed by atoms with Crippen LogP contribution in [0.3, 0.4) is 0 Å². The minimum absolute atomic E-state index is 0.649. The summed E-state index contributed by atoms with van der Waals surface area (Å²) in [7, 11) is 0. The Morgan fingerprint density at radius 3 is 2.54 bits per heavy atom. The van der Waals surface area contributed by atoms with Crippen molar-refractivity contribution in [3.05, 3.63) is 46.3 Å². The predicted octanol–water partition coefficient (Wildman–Crippen LogP) is 2.34. The van der Waals surface area contributed by atoms with Crippen LogP contribution in [0.5, 0.6) is 0 Å². The van der Waals surface area contributed by atoms with Crippen molar-refractivity contribution < 1.29 is 0 Å². The quantitative estimate of drug-likeness (QED) is 0.771. The fourth-order valence-electron chi connectivity index (χ4n) is 3.04. The van der Waals surface area contributed by atoms with E-state index in [1.165, 1.54) is 4.88 Å². The maximum Gasteiger partial charge on any atom is 0.180 e. The third kappa shape index (κ3) is 3.54. The van der Waals surface area contributed by atoms with E-state index >= 15 is 0 Å². The summed E-state index contributed by atoms with van der Waals surface area (Å²) in [5.74, 6) is 0. The third-order valence-electron chi connectivity index (χ3n) is 4.27. The van der Waals surface area contributed by atoms with E-state index in [4.69, 9.17) is 17.3 Å². The Hall–Kier alpha value is -1.67. The van der Waals surface area contributed by atoms with Crippen LogP contribution >= 0.6 is 22.9 Å². The lowest BCUT2D eigenvalue weighted by Crippen LogP contribution is -2.45. The topological polar surface area (TPSA) is 62.7 Å². The molecule has 4 heterocycles. The van der Waals surface area contributed by atoms with E-state index < -0.39 is 0 Å². The summed E-state index contributed by atoms with van der Waals surface area (Å²) in [5.41, 5.74) is 7.72. The Labute approximate surface area is 149 Å². The summed E-state index contributed by atoms with van der Waals surface area (Å²) in [5, 5.41) is 1.37. The van der Waals surface area contributed by atoms with Gasteiger partial charge in [0.25, 0.3) is 0 Å². The van der Waals surface area contributed by atoms with E-state index in [-0.39, 0.29) is 0 Å². The van der Waals surface area contributed by atoms with Gasteiger partial charge in [0, 0.05) is 62.7 Å². The Morgan fingerprint density at radius 1 is 1.08 bits per heavy atom. The molecular formula is C16H19ClN6S. The standard InChI is InChI=1S/C16H19ClN6S/c17-12-1-2-15-20-13(10-23(15)8-12)9-21-3-5-22(6-4-21)11-14-7-19-16(18)24-14/h1-2,7-8,10H,3-6,9,11H2,(H2,18,19). The van der Waals surface area contributed by atoms with Gasteiger partial charge in [0.15, 0.2) is 5.13 Å². The number of pyridine rings is 1. The van der Waals surface area contributed by atoms with Crippen LogP contribution in [0.15, 0.2) is 30.7 Å². The Kier molecular flexibility index (Phi) is 4.41. The molecule has 3 aromatic heterocycles. The Bertz CT molecular complexity index is 836. The van der Waals surface area contributed by atoms with Gasteiger partial charge in [-0.25, -0.2) is 9.97 Å². The summed E-state index contributed by atoms with van der Waals surface area (Å²) in [6, 6.07) is 3.82. The van der Waals surface area contributed by atoms with Crippen molar-refractivity contribution in [3.63, 3.8) is 0 Å². The number of halogens is 1. The van der Waals surface area contributed by atoms with E-state index in [9.17, 15) is 0 Å². The van der Waals surface area contributed by atoms with Crippen LogP contribution in [0.25, 0.3) is 5.65 Å². The molecule has 0 atom stereocenters. The minimum atomic E-state index is 0.649. The van der Waals surface area contributed by atoms with E-state index in [1.807, 2.05) is 28.9 Å². The van der Waals surface area contributed by atoms with E-state index in [0.29, 0.717) is 5.13 Å². The molecule has 0 radical (unpaired) electrons. The summed E-state index contributed by atoms with van der Waals surface area (Å²) in [4.78, 5) is 14.9. The second-order valence-electron chi connectivity index (χ2n) is 6.06. The number of nitrogen functional groups attached to an aromatic ring is 1. The molecule has 0 amide bonds. The number of imidazole rings is 1. The van der Waals surface area contributed by atoms with Crippen molar-refractivity contribution in [2.24, 2.45) is 0 Å². The summed E-state index contributed by atoms with van der Waals surface area (Å²) < 4.78 is 1.99. The highest BCUT2D eigenvalue weighted by molar-refractivity contribution is 7.15. The molecule has 0 unspecified atom stereocenters. The molecular weight excluding hydrogens is 344 g/mol. The van der Waals surface area contributed by atoms with Crippen LogP contribution in [-0.2, 0) is 13.1 Å². The molecule has 1 aliphatic heterocycles. The van der Waals surface area contributed by atoms with Gasteiger partial charge in [-0.15, -0.1) is 11.3 Å². The monoisotopic (exact) mass is 362 g/mol. The van der Waals surface area contributed by atoms with Crippen LogP contribution in [0, 0.1) is 0 Å². The second-order valence-corrected chi connectivity index (χ2v) is 7.65. The zero-order chi connectivity index (χ0) is 16.5. The van der Waals surface area contributed by atoms with Crippen molar-refractivity contribution in [2.45, 2.75) is 13.1 Å². The lowest BCUT2D eigenvalue weighted by molar-refractivity contribution is 0.122. The average molecular weight is 363 g/mol. The SMILES string of the molecule is Nc1ncc(CN2CCN(Cc3cn4cc(Cl)ccc4n3)CC2)s1. The molecule has 3 aromatic rings. The van der Waals surface area contributed by atoms with Crippen LogP contribution in [-0.4, -0.2) is 50.3 Å². The first-order chi connectivity index (χ1) is 11.7. The molecule has 1 fully saturated rings. The first kappa shape index (κ1) is 15.8. The van der Waals surface area contributed by atoms with Gasteiger partial charge in [-0.1, -0.05) is 11.6 Å². The van der Waals surface area contributed by atoms with E-state index in [1.54, 1.807) is 11.3 Å². The van der Waals surface area contributed by atoms with Gasteiger partial charge in [0.2, 0.25) is 0 Å². The van der Waals surface area contributed by atoms with Crippen LogP contribution in [0.2, 0.25) is 5.02 Å². The Balaban J connectivity index is 1.33. The van der Waals surface area contributed by atoms with Gasteiger partial charge in [0.1, 0.15) is 5.65 Å². The molecule has 0 bridgehead atoms. The zero-order valence-corrected chi connectivity index (χ0v) is 14.8. The van der Waals surface area contributed by atoms with Crippen molar-refractivity contribution in [1.29, 1.82) is 0 Å². The molecule has 0 saturated carbocycles. The van der Waals surface area contributed by atoms with Gasteiger partial charge in [0.05, 0.1) is 10.7 Å². The molecule has 8 heteroatoms. The summed E-state index contributed by atoms with van der Waals surface area (Å²) in [6.07, 6.45) is 5.84. The molecule has 24 heavy (non-hydrogen) atoms. The number of hydrogen-bond acceptors (Lipinski definition) is 6. The van der Waals surface area contributed by atoms with Crippen LogP contribution in [0.4, 0.5) is 5.13 Å². The molecule has 0 aromatic carbocycles. The number of anilines is 1. The predicted molar refractivity (Wildman–Crippen MR) is 97.3 cm³/mol. The molecule has 4 rings (SSSR count). The fraction of sp³-hybridized carbons (Fsp3) is 0.375. The van der Waals surface area contributed by atoms with Crippen molar-refractivity contribution >= 4 is 33.7 Å². The highest BCUT2D eigenvalue weighted by atomic mass is 35.5. The van der Waals surface area contributed by atoms with Gasteiger partial charge in [-0.05, 0) is 12.1 Å². The third-order valence-corrected chi connectivity index (χ3v) is 5.30. The molecule has 2 N–H and O–H groups in total. The number of aromatic nitrogens is 3. The van der Waals surface area contributed by atoms with Crippen LogP contribution < -0.4 is 5.73 Å². The maximum atomic E-state index is 6.03. The van der Waals surface area contributed by atoms with Crippen LogP contribution in [0.1, 0.15) is 10.6 Å². The van der Waals surface area contributed by atoms with Gasteiger partial charge in [-0.2, -0.15) is 0 Å². The molecule has 1 aliphatic rings. The number of nitrogens with zero attached hydrogens (tertiary/aromatic N) is 5. The number of thiazole rings is 1. The van der Waals surface area contributed by atoms with Gasteiger partial charge >= 0.3 is 0 Å². The van der Waals surface area contributed by atoms with Gasteiger partial charge in [-0.3, -0.25) is 9.80 Å². The highest BCUT2D eigenvalue weighted by Gasteiger charge is 2.18. The molecule has 0 spiro atoms. The maximum absolute atomic E-state index is 6.03. The number of fused-ring (bicyclic) bond motifs is 1. The average Bonchev–Trinajstić information content (AvgIpc) is 3.14. The van der Waals surface area contributed by atoms with Gasteiger partial charge < -0.3 is 10.1 Å². The second kappa shape index (κ2) is 6.68. The molecule has 1 saturated heterocycles. The summed E-state index contributed by atoms with van der Waals surface area (Å²) in [6.45, 7) is 6.01. The Morgan fingerprint density at radius 2 is 1.83 bits per heavy atom. The molecule has 126 valence electrons. The number of hydrogen-bond donors (Lipinski definition) is 1. The number of rotatable bonds is 4. The zero-order valence-electron chi connectivity index (χ0n) is 13.2. The van der Waals surface area contributed by atoms with Crippen molar-refractivity contribution in [3.8, 4) is 0 Å². The van der Waals surface area contributed by atoms with Crippen molar-refractivity contribution in [2.75, 3.05) is 31.9 Å². The first-order valence-corrected chi connectivity index (χ1v) is 9.13. The minimum Gasteiger partial charge on any atom is -0.375 e. The van der Waals surface area contributed by atoms with E-state index in [0.717, 1.165) is 55.6 Å². The normalized spacial score (nSPS) is 16.9. The first-order valence-electron chi connectivity index (χ1n) is 7.94. The van der Waals surface area contributed by atoms with Crippen molar-refractivity contribution in [1.82, 2.24) is 24.2 Å². The largest absolute Gasteiger partial charge is 0.375 e. The summed E-state index contributed by atoms with van der Waals surface area (Å²) >= 11 is 7.60. The number of piperazine rings is 1. The fourth-order valence-corrected chi connectivity index (χ4v) is 3.94. The highest BCUT2D eigenvalue weighted by Crippen LogP contribution is 2.18. The number of nitrogens with two attached hydrogens (primary N) is 1. The lowest BCUT2D eigenvalue weighted by Gasteiger charge is -2.33. The smallest absolute Gasteiger partial charge is 0.180 e. The molecule has 6 nitrogen and oxygen atoms in total. The molecule has 0 aliphatic carbocycles. The van der Waals surface area contributed by atoms with E-state index in [2.05, 4.69) is 26.0 Å².